The van der Waals surface area contributed by atoms with E-state index in [-0.39, 0.29) is 10.6 Å². The van der Waals surface area contributed by atoms with E-state index in [1.807, 2.05) is 0 Å². The van der Waals surface area contributed by atoms with Gasteiger partial charge in [-0.15, -0.1) is 0 Å². The maximum Gasteiger partial charge on any atom is 0.417 e. The zero-order valence-corrected chi connectivity index (χ0v) is 17.2. The zero-order chi connectivity index (χ0) is 23.2. The van der Waals surface area contributed by atoms with Crippen LogP contribution >= 0.6 is 11.6 Å². The van der Waals surface area contributed by atoms with Crippen LogP contribution in [0.4, 0.5) is 13.2 Å². The Kier molecular flexibility index (Phi) is 5.26. The van der Waals surface area contributed by atoms with Gasteiger partial charge in [0, 0.05) is 10.9 Å². The zero-order valence-electron chi connectivity index (χ0n) is 16.4. The van der Waals surface area contributed by atoms with Gasteiger partial charge in [0.2, 0.25) is 0 Å². The molecular weight excluding hydrogens is 445 g/mol. The second-order valence-electron chi connectivity index (χ2n) is 7.13. The van der Waals surface area contributed by atoms with Crippen molar-refractivity contribution >= 4 is 34.4 Å². The number of alkyl halides is 3. The molecule has 0 atom stereocenters. The molecular formula is C23H14ClF3N2O3. The summed E-state index contributed by atoms with van der Waals surface area (Å²) in [5.41, 5.74) is 0.126. The van der Waals surface area contributed by atoms with Crippen molar-refractivity contribution in [2.75, 3.05) is 0 Å². The number of rotatable bonds is 3. The van der Waals surface area contributed by atoms with Crippen molar-refractivity contribution in [2.24, 2.45) is 0 Å². The highest BCUT2D eigenvalue weighted by molar-refractivity contribution is 6.34. The van der Waals surface area contributed by atoms with Gasteiger partial charge >= 0.3 is 12.1 Å². The number of aromatic carboxylic acids is 1. The monoisotopic (exact) mass is 458 g/mol. The second-order valence-corrected chi connectivity index (χ2v) is 7.54. The fourth-order valence-corrected chi connectivity index (χ4v) is 3.70. The largest absolute Gasteiger partial charge is 0.478 e. The number of carboxylic acid groups (broad SMARTS) is 1. The van der Waals surface area contributed by atoms with Gasteiger partial charge in [0.05, 0.1) is 27.2 Å². The van der Waals surface area contributed by atoms with Crippen LogP contribution in [-0.2, 0) is 6.18 Å². The van der Waals surface area contributed by atoms with Crippen molar-refractivity contribution < 1.29 is 27.9 Å². The van der Waals surface area contributed by atoms with Gasteiger partial charge < -0.3 is 5.11 Å². The first kappa shape index (κ1) is 21.6. The summed E-state index contributed by atoms with van der Waals surface area (Å²) in [4.78, 5) is 24.4. The minimum Gasteiger partial charge on any atom is -0.478 e. The van der Waals surface area contributed by atoms with Gasteiger partial charge in [-0.25, -0.2) is 4.79 Å². The Morgan fingerprint density at radius 2 is 1.72 bits per heavy atom. The third kappa shape index (κ3) is 3.73. The van der Waals surface area contributed by atoms with Crippen LogP contribution in [0.5, 0.6) is 0 Å². The van der Waals surface area contributed by atoms with Crippen molar-refractivity contribution in [1.29, 1.82) is 0 Å². The molecule has 0 amide bonds. The Hall–Kier alpha value is -3.65. The van der Waals surface area contributed by atoms with Crippen molar-refractivity contribution in [2.45, 2.75) is 13.1 Å². The summed E-state index contributed by atoms with van der Waals surface area (Å²) < 4.78 is 41.6. The molecule has 0 aliphatic heterocycles. The number of nitrogens with zero attached hydrogens (tertiary/aromatic N) is 2. The third-order valence-electron chi connectivity index (χ3n) is 4.97. The van der Waals surface area contributed by atoms with Crippen molar-refractivity contribution in [3.05, 3.63) is 87.9 Å². The maximum absolute atomic E-state index is 13.6. The molecule has 0 spiro atoms. The average Bonchev–Trinajstić information content (AvgIpc) is 3.11. The van der Waals surface area contributed by atoms with Crippen LogP contribution in [0.25, 0.3) is 22.2 Å². The number of aromatic nitrogens is 2. The molecule has 3 aromatic carbocycles. The van der Waals surface area contributed by atoms with Gasteiger partial charge in [-0.2, -0.15) is 23.0 Å². The molecule has 0 saturated heterocycles. The quantitative estimate of drug-likeness (QED) is 0.404. The maximum atomic E-state index is 13.6. The number of aryl methyl sites for hydroxylation is 1. The lowest BCUT2D eigenvalue weighted by molar-refractivity contribution is -0.137. The molecule has 1 N–H and O–H groups in total. The molecule has 1 aromatic heterocycles. The summed E-state index contributed by atoms with van der Waals surface area (Å²) in [6, 6.07) is 14.1. The molecule has 1 heterocycles. The predicted molar refractivity (Wildman–Crippen MR) is 113 cm³/mol. The smallest absolute Gasteiger partial charge is 0.417 e. The fraction of sp³-hybridized carbons (Fsp3) is 0.0870. The normalized spacial score (nSPS) is 11.7. The minimum absolute atomic E-state index is 0.0651. The first-order valence-corrected chi connectivity index (χ1v) is 9.69. The molecule has 0 unspecified atom stereocenters. The summed E-state index contributed by atoms with van der Waals surface area (Å²) in [5.74, 6) is -2.12. The van der Waals surface area contributed by atoms with Crippen LogP contribution in [0.15, 0.2) is 60.7 Å². The van der Waals surface area contributed by atoms with Crippen LogP contribution in [0.1, 0.15) is 31.8 Å². The second kappa shape index (κ2) is 7.80. The van der Waals surface area contributed by atoms with Gasteiger partial charge in [-0.05, 0) is 42.8 Å². The summed E-state index contributed by atoms with van der Waals surface area (Å²) in [5, 5.41) is 13.6. The number of hydrogen-bond donors (Lipinski definition) is 1. The highest BCUT2D eigenvalue weighted by atomic mass is 35.5. The fourth-order valence-electron chi connectivity index (χ4n) is 3.45. The SMILES string of the molecule is Cc1ccc2c(-c3ccc(C(=O)O)cc3)nn(C(=O)c3c(Cl)cccc3C(F)(F)F)c2c1. The van der Waals surface area contributed by atoms with Crippen molar-refractivity contribution in [1.82, 2.24) is 9.78 Å². The van der Waals surface area contributed by atoms with E-state index in [4.69, 9.17) is 16.7 Å². The van der Waals surface area contributed by atoms with Gasteiger partial charge in [0.25, 0.3) is 5.91 Å². The third-order valence-corrected chi connectivity index (χ3v) is 5.28. The molecule has 0 bridgehead atoms. The molecule has 0 aliphatic carbocycles. The Morgan fingerprint density at radius 3 is 2.34 bits per heavy atom. The number of fused-ring (bicyclic) bond motifs is 1. The summed E-state index contributed by atoms with van der Waals surface area (Å²) in [6.07, 6.45) is -4.79. The Bertz CT molecular complexity index is 1380. The van der Waals surface area contributed by atoms with E-state index in [1.165, 1.54) is 30.3 Å². The van der Waals surface area contributed by atoms with Crippen LogP contribution < -0.4 is 0 Å². The number of carbonyl (C=O) groups is 2. The highest BCUT2D eigenvalue weighted by Crippen LogP contribution is 2.36. The summed E-state index contributed by atoms with van der Waals surface area (Å²) >= 11 is 6.02. The van der Waals surface area contributed by atoms with Crippen molar-refractivity contribution in [3.63, 3.8) is 0 Å². The molecule has 162 valence electrons. The van der Waals surface area contributed by atoms with Crippen LogP contribution in [-0.4, -0.2) is 26.8 Å². The van der Waals surface area contributed by atoms with Crippen molar-refractivity contribution in [3.8, 4) is 11.3 Å². The minimum atomic E-state index is -4.79. The lowest BCUT2D eigenvalue weighted by Crippen LogP contribution is -2.20. The van der Waals surface area contributed by atoms with E-state index in [1.54, 1.807) is 25.1 Å². The Balaban J connectivity index is 1.95. The molecule has 9 heteroatoms. The van der Waals surface area contributed by atoms with E-state index >= 15 is 0 Å². The first-order chi connectivity index (χ1) is 15.1. The molecule has 4 rings (SSSR count). The van der Waals surface area contributed by atoms with Gasteiger partial charge in [-0.3, -0.25) is 4.79 Å². The molecule has 0 aliphatic rings. The summed E-state index contributed by atoms with van der Waals surface area (Å²) in [6.45, 7) is 1.78. The lowest BCUT2D eigenvalue weighted by atomic mass is 10.0. The predicted octanol–water partition coefficient (Wildman–Crippen LogP) is 6.07. The number of benzene rings is 3. The number of hydrogen-bond acceptors (Lipinski definition) is 3. The van der Waals surface area contributed by atoms with Crippen LogP contribution in [0.2, 0.25) is 5.02 Å². The van der Waals surface area contributed by atoms with Gasteiger partial charge in [0.15, 0.2) is 0 Å². The Labute approximate surface area is 184 Å². The van der Waals surface area contributed by atoms with E-state index < -0.39 is 29.2 Å². The Morgan fingerprint density at radius 1 is 1.03 bits per heavy atom. The van der Waals surface area contributed by atoms with Gasteiger partial charge in [-0.1, -0.05) is 41.9 Å². The average molecular weight is 459 g/mol. The lowest BCUT2D eigenvalue weighted by Gasteiger charge is -2.13. The van der Waals surface area contributed by atoms with E-state index in [0.717, 1.165) is 22.4 Å². The number of carbonyl (C=O) groups excluding carboxylic acids is 1. The van der Waals surface area contributed by atoms with Gasteiger partial charge in [0.1, 0.15) is 5.69 Å². The standard InChI is InChI=1S/C23H14ClF3N2O3/c1-12-5-10-15-18(11-12)29(28-20(15)13-6-8-14(9-7-13)22(31)32)21(30)19-16(23(25,26)27)3-2-4-17(19)24/h2-11H,1H3,(H,31,32). The first-order valence-electron chi connectivity index (χ1n) is 9.31. The van der Waals surface area contributed by atoms with E-state index in [9.17, 15) is 22.8 Å². The molecule has 0 saturated carbocycles. The van der Waals surface area contributed by atoms with E-state index in [0.29, 0.717) is 22.2 Å². The molecule has 32 heavy (non-hydrogen) atoms. The summed E-state index contributed by atoms with van der Waals surface area (Å²) in [7, 11) is 0. The molecule has 0 fully saturated rings. The van der Waals surface area contributed by atoms with E-state index in [2.05, 4.69) is 5.10 Å². The van der Waals surface area contributed by atoms with Crippen LogP contribution in [0.3, 0.4) is 0 Å². The molecule has 5 nitrogen and oxygen atoms in total. The number of halogens is 4. The highest BCUT2D eigenvalue weighted by Gasteiger charge is 2.37. The topological polar surface area (TPSA) is 72.2 Å². The molecule has 0 radical (unpaired) electrons. The van der Waals surface area contributed by atoms with Crippen LogP contribution in [0, 0.1) is 6.92 Å². The molecule has 4 aromatic rings. The number of carboxylic acids is 1.